The number of anilines is 1. The Hall–Kier alpha value is -3.87. The second kappa shape index (κ2) is 8.68. The van der Waals surface area contributed by atoms with Crippen molar-refractivity contribution in [2.24, 2.45) is 0 Å². The van der Waals surface area contributed by atoms with Crippen molar-refractivity contribution in [2.75, 3.05) is 5.32 Å². The molecule has 0 unspecified atom stereocenters. The Morgan fingerprint density at radius 2 is 1.61 bits per heavy atom. The molecule has 0 bridgehead atoms. The summed E-state index contributed by atoms with van der Waals surface area (Å²) in [4.78, 5) is 36.5. The van der Waals surface area contributed by atoms with Crippen LogP contribution in [0.2, 0.25) is 0 Å². The Morgan fingerprint density at radius 1 is 0.893 bits per heavy atom. The van der Waals surface area contributed by atoms with Gasteiger partial charge >= 0.3 is 5.97 Å². The summed E-state index contributed by atoms with van der Waals surface area (Å²) in [7, 11) is 0. The Bertz CT molecular complexity index is 967. The van der Waals surface area contributed by atoms with E-state index in [1.807, 2.05) is 6.07 Å². The van der Waals surface area contributed by atoms with Gasteiger partial charge in [0.1, 0.15) is 6.04 Å². The standard InChI is InChI=1S/C21H18N2O5/c24-19(23-17(21(26)27)13-14-7-2-1-3-8-14)15-9-4-5-10-16(15)22-20(25)18-11-6-12-28-18/h1-12,17H,13H2,(H,22,25)(H,23,24)(H,26,27)/t17-/m0/s1. The normalized spacial score (nSPS) is 11.4. The zero-order valence-electron chi connectivity index (χ0n) is 14.8. The molecule has 0 saturated carbocycles. The molecule has 0 aliphatic heterocycles. The molecule has 7 nitrogen and oxygen atoms in total. The number of carboxylic acids is 1. The molecule has 2 aromatic carbocycles. The van der Waals surface area contributed by atoms with Gasteiger partial charge in [-0.15, -0.1) is 0 Å². The van der Waals surface area contributed by atoms with Gasteiger partial charge in [0.2, 0.25) is 0 Å². The zero-order chi connectivity index (χ0) is 19.9. The number of rotatable bonds is 7. The smallest absolute Gasteiger partial charge is 0.326 e. The number of nitrogens with one attached hydrogen (secondary N) is 2. The summed E-state index contributed by atoms with van der Waals surface area (Å²) in [5.74, 6) is -2.15. The van der Waals surface area contributed by atoms with Crippen LogP contribution in [0.3, 0.4) is 0 Å². The van der Waals surface area contributed by atoms with E-state index >= 15 is 0 Å². The van der Waals surface area contributed by atoms with Crippen LogP contribution in [-0.4, -0.2) is 28.9 Å². The first-order valence-corrected chi connectivity index (χ1v) is 8.56. The van der Waals surface area contributed by atoms with Crippen LogP contribution >= 0.6 is 0 Å². The molecular formula is C21H18N2O5. The number of carbonyl (C=O) groups excluding carboxylic acids is 2. The average Bonchev–Trinajstić information content (AvgIpc) is 3.23. The molecule has 1 heterocycles. The average molecular weight is 378 g/mol. The molecule has 3 rings (SSSR count). The van der Waals surface area contributed by atoms with Crippen LogP contribution in [0.1, 0.15) is 26.5 Å². The number of hydrogen-bond donors (Lipinski definition) is 3. The van der Waals surface area contributed by atoms with Crippen molar-refractivity contribution >= 4 is 23.5 Å². The third-order valence-corrected chi connectivity index (χ3v) is 4.05. The molecule has 142 valence electrons. The molecule has 28 heavy (non-hydrogen) atoms. The largest absolute Gasteiger partial charge is 0.480 e. The van der Waals surface area contributed by atoms with Crippen molar-refractivity contribution in [3.05, 3.63) is 89.9 Å². The Kier molecular flexibility index (Phi) is 5.86. The van der Waals surface area contributed by atoms with Gasteiger partial charge in [-0.2, -0.15) is 0 Å². The second-order valence-corrected chi connectivity index (χ2v) is 6.03. The van der Waals surface area contributed by atoms with E-state index in [0.29, 0.717) is 0 Å². The maximum absolute atomic E-state index is 12.7. The number of carbonyl (C=O) groups is 3. The highest BCUT2D eigenvalue weighted by atomic mass is 16.4. The van der Waals surface area contributed by atoms with E-state index in [1.165, 1.54) is 18.4 Å². The quantitative estimate of drug-likeness (QED) is 0.586. The predicted octanol–water partition coefficient (Wildman–Crippen LogP) is 2.96. The van der Waals surface area contributed by atoms with E-state index in [2.05, 4.69) is 10.6 Å². The topological polar surface area (TPSA) is 109 Å². The third kappa shape index (κ3) is 4.64. The van der Waals surface area contributed by atoms with E-state index < -0.39 is 23.8 Å². The van der Waals surface area contributed by atoms with Crippen LogP contribution in [0.5, 0.6) is 0 Å². The van der Waals surface area contributed by atoms with E-state index in [-0.39, 0.29) is 23.4 Å². The molecule has 1 aromatic heterocycles. The van der Waals surface area contributed by atoms with Crippen molar-refractivity contribution < 1.29 is 23.9 Å². The maximum Gasteiger partial charge on any atom is 0.326 e. The number of furan rings is 1. The second-order valence-electron chi connectivity index (χ2n) is 6.03. The van der Waals surface area contributed by atoms with Gasteiger partial charge < -0.3 is 20.2 Å². The highest BCUT2D eigenvalue weighted by Crippen LogP contribution is 2.17. The molecule has 0 saturated heterocycles. The van der Waals surface area contributed by atoms with Gasteiger partial charge in [-0.05, 0) is 29.8 Å². The summed E-state index contributed by atoms with van der Waals surface area (Å²) in [6, 6.07) is 17.3. The van der Waals surface area contributed by atoms with Crippen LogP contribution in [0, 0.1) is 0 Å². The first-order chi connectivity index (χ1) is 13.5. The third-order valence-electron chi connectivity index (χ3n) is 4.05. The SMILES string of the molecule is O=C(Nc1ccccc1C(=O)N[C@@H](Cc1ccccc1)C(=O)O)c1ccco1. The molecule has 0 fully saturated rings. The Balaban J connectivity index is 1.76. The van der Waals surface area contributed by atoms with Gasteiger partial charge in [0.15, 0.2) is 5.76 Å². The Morgan fingerprint density at radius 3 is 2.29 bits per heavy atom. The lowest BCUT2D eigenvalue weighted by Gasteiger charge is -2.16. The molecule has 1 atom stereocenters. The summed E-state index contributed by atoms with van der Waals surface area (Å²) < 4.78 is 5.04. The van der Waals surface area contributed by atoms with Crippen molar-refractivity contribution in [1.29, 1.82) is 0 Å². The van der Waals surface area contributed by atoms with E-state index in [9.17, 15) is 19.5 Å². The number of aliphatic carboxylic acids is 1. The summed E-state index contributed by atoms with van der Waals surface area (Å²) in [5.41, 5.74) is 1.20. The minimum absolute atomic E-state index is 0.0997. The van der Waals surface area contributed by atoms with Gasteiger partial charge in [-0.3, -0.25) is 9.59 Å². The molecule has 3 N–H and O–H groups in total. The van der Waals surface area contributed by atoms with E-state index in [0.717, 1.165) is 5.56 Å². The van der Waals surface area contributed by atoms with Gasteiger partial charge in [0.05, 0.1) is 17.5 Å². The predicted molar refractivity (Wildman–Crippen MR) is 102 cm³/mol. The van der Waals surface area contributed by atoms with Crippen LogP contribution in [0.25, 0.3) is 0 Å². The number of carboxylic acid groups (broad SMARTS) is 1. The van der Waals surface area contributed by atoms with Gasteiger partial charge in [-0.25, -0.2) is 4.79 Å². The van der Waals surface area contributed by atoms with Crippen LogP contribution in [-0.2, 0) is 11.2 Å². The minimum Gasteiger partial charge on any atom is -0.480 e. The van der Waals surface area contributed by atoms with Crippen LogP contribution in [0.15, 0.2) is 77.4 Å². The molecular weight excluding hydrogens is 360 g/mol. The highest BCUT2D eigenvalue weighted by Gasteiger charge is 2.23. The summed E-state index contributed by atoms with van der Waals surface area (Å²) in [6.45, 7) is 0. The van der Waals surface area contributed by atoms with Gasteiger partial charge in [0.25, 0.3) is 11.8 Å². The first-order valence-electron chi connectivity index (χ1n) is 8.56. The number of amides is 2. The molecule has 3 aromatic rings. The fourth-order valence-electron chi connectivity index (χ4n) is 2.67. The fraction of sp³-hybridized carbons (Fsp3) is 0.0952. The molecule has 0 spiro atoms. The van der Waals surface area contributed by atoms with Crippen LogP contribution < -0.4 is 10.6 Å². The first kappa shape index (κ1) is 18.9. The van der Waals surface area contributed by atoms with E-state index in [4.69, 9.17) is 4.42 Å². The summed E-state index contributed by atoms with van der Waals surface area (Å²) in [5, 5.41) is 14.6. The fourth-order valence-corrected chi connectivity index (χ4v) is 2.67. The minimum atomic E-state index is -1.14. The summed E-state index contributed by atoms with van der Waals surface area (Å²) >= 11 is 0. The number of para-hydroxylation sites is 1. The highest BCUT2D eigenvalue weighted by molar-refractivity contribution is 6.08. The van der Waals surface area contributed by atoms with Crippen LogP contribution in [0.4, 0.5) is 5.69 Å². The zero-order valence-corrected chi connectivity index (χ0v) is 14.8. The molecule has 0 radical (unpaired) electrons. The number of benzene rings is 2. The lowest BCUT2D eigenvalue weighted by atomic mass is 10.1. The van der Waals surface area contributed by atoms with Gasteiger partial charge in [0, 0.05) is 6.42 Å². The summed E-state index contributed by atoms with van der Waals surface area (Å²) in [6.07, 6.45) is 1.51. The van der Waals surface area contributed by atoms with Crippen molar-refractivity contribution in [3.8, 4) is 0 Å². The Labute approximate surface area is 161 Å². The lowest BCUT2D eigenvalue weighted by molar-refractivity contribution is -0.139. The van der Waals surface area contributed by atoms with Gasteiger partial charge in [-0.1, -0.05) is 42.5 Å². The molecule has 0 aliphatic carbocycles. The number of hydrogen-bond acceptors (Lipinski definition) is 4. The van der Waals surface area contributed by atoms with Crippen molar-refractivity contribution in [1.82, 2.24) is 5.32 Å². The lowest BCUT2D eigenvalue weighted by Crippen LogP contribution is -2.42. The van der Waals surface area contributed by atoms with Crippen molar-refractivity contribution in [3.63, 3.8) is 0 Å². The molecule has 7 heteroatoms. The maximum atomic E-state index is 12.7. The molecule has 2 amide bonds. The monoisotopic (exact) mass is 378 g/mol. The molecule has 0 aliphatic rings. The van der Waals surface area contributed by atoms with Crippen molar-refractivity contribution in [2.45, 2.75) is 12.5 Å². The van der Waals surface area contributed by atoms with E-state index in [1.54, 1.807) is 48.5 Å².